The summed E-state index contributed by atoms with van der Waals surface area (Å²) in [5, 5.41) is 12.6. The van der Waals surface area contributed by atoms with E-state index in [0.717, 1.165) is 11.6 Å². The van der Waals surface area contributed by atoms with Crippen molar-refractivity contribution in [1.29, 1.82) is 0 Å². The maximum absolute atomic E-state index is 12.8. The van der Waals surface area contributed by atoms with Gasteiger partial charge in [-0.2, -0.15) is 0 Å². The van der Waals surface area contributed by atoms with Crippen LogP contribution < -0.4 is 24.2 Å². The van der Waals surface area contributed by atoms with Crippen molar-refractivity contribution in [1.82, 2.24) is 0 Å². The van der Waals surface area contributed by atoms with Gasteiger partial charge in [-0.25, -0.2) is 8.42 Å². The van der Waals surface area contributed by atoms with E-state index in [9.17, 15) is 18.3 Å². The van der Waals surface area contributed by atoms with E-state index in [1.54, 1.807) is 36.4 Å². The number of phenols is 1. The molecule has 0 saturated carbocycles. The first-order valence-corrected chi connectivity index (χ1v) is 11.3. The molecule has 10 heteroatoms. The van der Waals surface area contributed by atoms with Crippen LogP contribution in [0.15, 0.2) is 65.6 Å². The summed E-state index contributed by atoms with van der Waals surface area (Å²) in [6, 6.07) is 15.3. The summed E-state index contributed by atoms with van der Waals surface area (Å²) in [7, 11) is -1.11. The number of carbonyl (C=O) groups is 1. The Hall–Kier alpha value is -3.92. The third-order valence-electron chi connectivity index (χ3n) is 4.58. The third-order valence-corrected chi connectivity index (χ3v) is 5.94. The number of hydrogen-bond acceptors (Lipinski definition) is 7. The van der Waals surface area contributed by atoms with Crippen LogP contribution in [0.3, 0.4) is 0 Å². The van der Waals surface area contributed by atoms with E-state index in [1.807, 2.05) is 13.0 Å². The van der Waals surface area contributed by atoms with Crippen LogP contribution in [0, 0.1) is 6.92 Å². The van der Waals surface area contributed by atoms with Crippen LogP contribution in [0.4, 0.5) is 11.4 Å². The first-order chi connectivity index (χ1) is 15.7. The highest BCUT2D eigenvalue weighted by Gasteiger charge is 2.19. The molecule has 33 heavy (non-hydrogen) atoms. The number of nitrogens with one attached hydrogen (secondary N) is 2. The molecule has 1 amide bonds. The van der Waals surface area contributed by atoms with Crippen LogP contribution >= 0.6 is 0 Å². The fourth-order valence-electron chi connectivity index (χ4n) is 2.94. The minimum atomic E-state index is -4.03. The van der Waals surface area contributed by atoms with Crippen LogP contribution in [-0.2, 0) is 14.8 Å². The number of sulfonamides is 1. The first-order valence-electron chi connectivity index (χ1n) is 9.79. The molecule has 174 valence electrons. The lowest BCUT2D eigenvalue weighted by atomic mass is 10.2. The fraction of sp³-hybridized carbons (Fsp3) is 0.174. The number of methoxy groups -OCH3 is 2. The summed E-state index contributed by atoms with van der Waals surface area (Å²) in [4.78, 5) is 12.2. The van der Waals surface area contributed by atoms with Crippen molar-refractivity contribution in [3.63, 3.8) is 0 Å². The molecular weight excluding hydrogens is 448 g/mol. The van der Waals surface area contributed by atoms with Crippen molar-refractivity contribution in [3.8, 4) is 23.0 Å². The average Bonchev–Trinajstić information content (AvgIpc) is 2.79. The summed E-state index contributed by atoms with van der Waals surface area (Å²) in [5.74, 6) is 0.297. The number of phenolic OH excluding ortho intramolecular Hbond substituents is 1. The molecule has 0 saturated heterocycles. The second-order valence-corrected chi connectivity index (χ2v) is 8.66. The summed E-state index contributed by atoms with van der Waals surface area (Å²) < 4.78 is 44.0. The Morgan fingerprint density at radius 1 is 0.909 bits per heavy atom. The molecular formula is C23H24N2O7S. The van der Waals surface area contributed by atoms with Gasteiger partial charge in [0, 0.05) is 0 Å². The SMILES string of the molecule is COc1ccccc1NS(=O)(=O)c1ccc(O)c(NC(=O)COc2ccc(C)cc2OC)c1. The molecule has 3 aromatic carbocycles. The van der Waals surface area contributed by atoms with Crippen molar-refractivity contribution >= 4 is 27.3 Å². The lowest BCUT2D eigenvalue weighted by Crippen LogP contribution is -2.21. The average molecular weight is 473 g/mol. The smallest absolute Gasteiger partial charge is 0.262 e. The van der Waals surface area contributed by atoms with Crippen molar-refractivity contribution in [2.24, 2.45) is 0 Å². The van der Waals surface area contributed by atoms with Gasteiger partial charge < -0.3 is 24.6 Å². The number of rotatable bonds is 9. The van der Waals surface area contributed by atoms with E-state index >= 15 is 0 Å². The van der Waals surface area contributed by atoms with Crippen molar-refractivity contribution in [2.75, 3.05) is 30.9 Å². The summed E-state index contributed by atoms with van der Waals surface area (Å²) in [5.41, 5.74) is 1.13. The lowest BCUT2D eigenvalue weighted by molar-refractivity contribution is -0.118. The van der Waals surface area contributed by atoms with Gasteiger partial charge in [-0.15, -0.1) is 0 Å². The van der Waals surface area contributed by atoms with E-state index in [1.165, 1.54) is 26.4 Å². The normalized spacial score (nSPS) is 10.9. The van der Waals surface area contributed by atoms with Crippen LogP contribution in [0.25, 0.3) is 0 Å². The summed E-state index contributed by atoms with van der Waals surface area (Å²) in [6.07, 6.45) is 0. The first kappa shape index (κ1) is 23.7. The van der Waals surface area contributed by atoms with Crippen molar-refractivity contribution in [3.05, 3.63) is 66.2 Å². The van der Waals surface area contributed by atoms with E-state index < -0.39 is 15.9 Å². The van der Waals surface area contributed by atoms with E-state index in [2.05, 4.69) is 10.0 Å². The Kier molecular flexibility index (Phi) is 7.29. The summed E-state index contributed by atoms with van der Waals surface area (Å²) >= 11 is 0. The molecule has 0 aliphatic rings. The van der Waals surface area contributed by atoms with Gasteiger partial charge >= 0.3 is 0 Å². The highest BCUT2D eigenvalue weighted by Crippen LogP contribution is 2.31. The van der Waals surface area contributed by atoms with Gasteiger partial charge in [-0.05, 0) is 55.0 Å². The second-order valence-electron chi connectivity index (χ2n) is 6.98. The minimum absolute atomic E-state index is 0.0811. The minimum Gasteiger partial charge on any atom is -0.506 e. The van der Waals surface area contributed by atoms with Gasteiger partial charge in [0.05, 0.1) is 30.5 Å². The third kappa shape index (κ3) is 5.86. The highest BCUT2D eigenvalue weighted by atomic mass is 32.2. The molecule has 0 unspecified atom stereocenters. The van der Waals surface area contributed by atoms with Crippen LogP contribution in [0.1, 0.15) is 5.56 Å². The number of benzene rings is 3. The Balaban J connectivity index is 1.74. The Labute approximate surface area is 192 Å². The Morgan fingerprint density at radius 2 is 1.64 bits per heavy atom. The molecule has 0 atom stereocenters. The summed E-state index contributed by atoms with van der Waals surface area (Å²) in [6.45, 7) is 1.51. The number of hydrogen-bond donors (Lipinski definition) is 3. The van der Waals surface area contributed by atoms with Gasteiger partial charge in [0.25, 0.3) is 15.9 Å². The number of aryl methyl sites for hydroxylation is 1. The zero-order valence-corrected chi connectivity index (χ0v) is 19.1. The van der Waals surface area contributed by atoms with Gasteiger partial charge in [-0.1, -0.05) is 18.2 Å². The van der Waals surface area contributed by atoms with Crippen LogP contribution in [0.2, 0.25) is 0 Å². The maximum atomic E-state index is 12.8. The number of ether oxygens (including phenoxy) is 3. The number of carbonyl (C=O) groups excluding carboxylic acids is 1. The molecule has 3 rings (SSSR count). The predicted octanol–water partition coefficient (Wildman–Crippen LogP) is 3.54. The molecule has 0 aliphatic carbocycles. The molecule has 9 nitrogen and oxygen atoms in total. The molecule has 0 spiro atoms. The lowest BCUT2D eigenvalue weighted by Gasteiger charge is -2.14. The molecule has 0 aromatic heterocycles. The molecule has 3 aromatic rings. The molecule has 0 heterocycles. The van der Waals surface area contributed by atoms with Crippen LogP contribution in [0.5, 0.6) is 23.0 Å². The van der Waals surface area contributed by atoms with Gasteiger partial charge in [-0.3, -0.25) is 9.52 Å². The topological polar surface area (TPSA) is 123 Å². The number of anilines is 2. The van der Waals surface area contributed by atoms with E-state index in [4.69, 9.17) is 14.2 Å². The maximum Gasteiger partial charge on any atom is 0.262 e. The van der Waals surface area contributed by atoms with Crippen LogP contribution in [-0.4, -0.2) is 40.3 Å². The fourth-order valence-corrected chi connectivity index (χ4v) is 4.03. The number of amides is 1. The van der Waals surface area contributed by atoms with Gasteiger partial charge in [0.15, 0.2) is 18.1 Å². The Morgan fingerprint density at radius 3 is 2.36 bits per heavy atom. The Bertz CT molecular complexity index is 1260. The zero-order valence-electron chi connectivity index (χ0n) is 18.3. The highest BCUT2D eigenvalue weighted by molar-refractivity contribution is 7.92. The molecule has 0 aliphatic heterocycles. The number of aromatic hydroxyl groups is 1. The van der Waals surface area contributed by atoms with E-state index in [-0.39, 0.29) is 28.6 Å². The monoisotopic (exact) mass is 472 g/mol. The van der Waals surface area contributed by atoms with E-state index in [0.29, 0.717) is 17.2 Å². The molecule has 0 fully saturated rings. The van der Waals surface area contributed by atoms with Gasteiger partial charge in [0.2, 0.25) is 0 Å². The molecule has 0 radical (unpaired) electrons. The predicted molar refractivity (Wildman–Crippen MR) is 124 cm³/mol. The molecule has 0 bridgehead atoms. The number of para-hydroxylation sites is 2. The molecule has 3 N–H and O–H groups in total. The zero-order chi connectivity index (χ0) is 24.0. The van der Waals surface area contributed by atoms with Crippen molar-refractivity contribution < 1.29 is 32.5 Å². The van der Waals surface area contributed by atoms with Crippen molar-refractivity contribution in [2.45, 2.75) is 11.8 Å². The largest absolute Gasteiger partial charge is 0.506 e. The van der Waals surface area contributed by atoms with Gasteiger partial charge in [0.1, 0.15) is 11.5 Å². The second kappa shape index (κ2) is 10.1. The standard InChI is InChI=1S/C23H24N2O7S/c1-15-8-11-21(22(12-15)31-3)32-14-23(27)24-18-13-16(9-10-19(18)26)33(28,29)25-17-6-4-5-7-20(17)30-2/h4-13,25-26H,14H2,1-3H3,(H,24,27). The quantitative estimate of drug-likeness (QED) is 0.407.